The van der Waals surface area contributed by atoms with Crippen LogP contribution >= 0.6 is 11.6 Å². The number of rotatable bonds is 2. The molecule has 17 heavy (non-hydrogen) atoms. The van der Waals surface area contributed by atoms with Gasteiger partial charge in [-0.05, 0) is 24.6 Å². The zero-order valence-corrected chi connectivity index (χ0v) is 10.1. The molecule has 0 unspecified atom stereocenters. The van der Waals surface area contributed by atoms with E-state index in [1.165, 1.54) is 19.6 Å². The summed E-state index contributed by atoms with van der Waals surface area (Å²) >= 11 is 5.98. The molecule has 88 valence electrons. The van der Waals surface area contributed by atoms with Crippen LogP contribution in [-0.2, 0) is 4.84 Å². The number of benzene rings is 1. The molecule has 0 radical (unpaired) electrons. The molecule has 0 fully saturated rings. The summed E-state index contributed by atoms with van der Waals surface area (Å²) in [4.78, 5) is 16.6. The van der Waals surface area contributed by atoms with E-state index in [2.05, 4.69) is 9.99 Å². The van der Waals surface area contributed by atoms with Gasteiger partial charge < -0.3 is 9.25 Å². The molecule has 0 amide bonds. The highest BCUT2D eigenvalue weighted by molar-refractivity contribution is 6.32. The fourth-order valence-electron chi connectivity index (χ4n) is 1.46. The summed E-state index contributed by atoms with van der Waals surface area (Å²) < 4.78 is 5.35. The van der Waals surface area contributed by atoms with Crippen molar-refractivity contribution in [3.63, 3.8) is 0 Å². The fraction of sp³-hybridized carbons (Fsp3) is 0.167. The third-order valence-corrected chi connectivity index (χ3v) is 2.78. The maximum atomic E-state index is 12.0. The number of halogens is 1. The minimum Gasteiger partial charge on any atom is -0.463 e. The zero-order chi connectivity index (χ0) is 12.4. The van der Waals surface area contributed by atoms with Gasteiger partial charge in [-0.2, -0.15) is 0 Å². The lowest BCUT2D eigenvalue weighted by atomic mass is 10.1. The first-order valence-corrected chi connectivity index (χ1v) is 5.29. The Labute approximate surface area is 102 Å². The summed E-state index contributed by atoms with van der Waals surface area (Å²) in [5, 5.41) is 4.50. The van der Waals surface area contributed by atoms with Crippen molar-refractivity contribution < 1.29 is 9.25 Å². The van der Waals surface area contributed by atoms with Crippen LogP contribution in [-0.4, -0.2) is 13.3 Å². The molecule has 1 aromatic carbocycles. The van der Waals surface area contributed by atoms with E-state index in [-0.39, 0.29) is 5.43 Å². The van der Waals surface area contributed by atoms with Crippen molar-refractivity contribution in [2.75, 3.05) is 7.11 Å². The predicted octanol–water partition coefficient (Wildman–Crippen LogP) is 2.74. The number of aryl methyl sites for hydroxylation is 1. The first-order valence-electron chi connectivity index (χ1n) is 4.91. The number of oxime groups is 1. The van der Waals surface area contributed by atoms with Crippen molar-refractivity contribution in [1.82, 2.24) is 0 Å². The average molecular weight is 252 g/mol. The van der Waals surface area contributed by atoms with E-state index in [9.17, 15) is 4.79 Å². The normalized spacial score (nSPS) is 11.2. The average Bonchev–Trinajstić information content (AvgIpc) is 2.31. The van der Waals surface area contributed by atoms with Crippen molar-refractivity contribution >= 4 is 28.8 Å². The molecule has 1 heterocycles. The number of nitrogens with zero attached hydrogens (tertiary/aromatic N) is 1. The first kappa shape index (κ1) is 11.7. The second-order valence-electron chi connectivity index (χ2n) is 3.53. The third-order valence-electron chi connectivity index (χ3n) is 2.38. The smallest absolute Gasteiger partial charge is 0.201 e. The van der Waals surface area contributed by atoms with Gasteiger partial charge in [0.15, 0.2) is 0 Å². The Kier molecular flexibility index (Phi) is 3.15. The standard InChI is InChI=1S/C12H10ClNO3/c1-7-3-11-9(4-10(7)13)12(15)8(6-17-11)5-14-16-2/h3-6H,1-2H3/b14-5+. The number of fused-ring (bicyclic) bond motifs is 1. The minimum absolute atomic E-state index is 0.186. The Bertz CT molecular complexity index is 646. The van der Waals surface area contributed by atoms with Crippen molar-refractivity contribution in [3.8, 4) is 0 Å². The van der Waals surface area contributed by atoms with E-state index in [0.717, 1.165) is 5.56 Å². The highest BCUT2D eigenvalue weighted by Gasteiger charge is 2.08. The highest BCUT2D eigenvalue weighted by atomic mass is 35.5. The fourth-order valence-corrected chi connectivity index (χ4v) is 1.63. The molecule has 0 aliphatic rings. The summed E-state index contributed by atoms with van der Waals surface area (Å²) in [7, 11) is 1.40. The van der Waals surface area contributed by atoms with Gasteiger partial charge in [0.05, 0.1) is 17.2 Å². The molecular formula is C12H10ClNO3. The van der Waals surface area contributed by atoms with Gasteiger partial charge in [0.25, 0.3) is 0 Å². The van der Waals surface area contributed by atoms with Crippen molar-refractivity contribution in [2.24, 2.45) is 5.16 Å². The third kappa shape index (κ3) is 2.17. The Hall–Kier alpha value is -1.81. The molecule has 2 aromatic rings. The van der Waals surface area contributed by atoms with E-state index < -0.39 is 0 Å². The number of hydrogen-bond donors (Lipinski definition) is 0. The lowest BCUT2D eigenvalue weighted by molar-refractivity contribution is 0.215. The Morgan fingerprint density at radius 3 is 2.94 bits per heavy atom. The summed E-state index contributed by atoms with van der Waals surface area (Å²) in [6, 6.07) is 3.33. The van der Waals surface area contributed by atoms with Crippen molar-refractivity contribution in [2.45, 2.75) is 6.92 Å². The topological polar surface area (TPSA) is 51.8 Å². The van der Waals surface area contributed by atoms with E-state index in [4.69, 9.17) is 16.0 Å². The van der Waals surface area contributed by atoms with Gasteiger partial charge >= 0.3 is 0 Å². The van der Waals surface area contributed by atoms with Gasteiger partial charge in [0.1, 0.15) is 19.0 Å². The summed E-state index contributed by atoms with van der Waals surface area (Å²) in [6.07, 6.45) is 2.65. The minimum atomic E-state index is -0.186. The lowest BCUT2D eigenvalue weighted by Gasteiger charge is -2.01. The number of hydrogen-bond acceptors (Lipinski definition) is 4. The second-order valence-corrected chi connectivity index (χ2v) is 3.94. The van der Waals surface area contributed by atoms with E-state index in [0.29, 0.717) is 21.6 Å². The van der Waals surface area contributed by atoms with Crippen LogP contribution in [0.5, 0.6) is 0 Å². The van der Waals surface area contributed by atoms with E-state index >= 15 is 0 Å². The van der Waals surface area contributed by atoms with E-state index in [1.54, 1.807) is 12.1 Å². The molecule has 5 heteroatoms. The molecule has 4 nitrogen and oxygen atoms in total. The van der Waals surface area contributed by atoms with Crippen LogP contribution in [0, 0.1) is 6.92 Å². The summed E-state index contributed by atoms with van der Waals surface area (Å²) in [5.74, 6) is 0. The summed E-state index contributed by atoms with van der Waals surface area (Å²) in [6.45, 7) is 1.85. The Morgan fingerprint density at radius 2 is 2.24 bits per heavy atom. The van der Waals surface area contributed by atoms with Gasteiger partial charge in [0.2, 0.25) is 5.43 Å². The van der Waals surface area contributed by atoms with Gasteiger partial charge in [-0.15, -0.1) is 0 Å². The Morgan fingerprint density at radius 1 is 1.47 bits per heavy atom. The first-order chi connectivity index (χ1) is 8.13. The van der Waals surface area contributed by atoms with Gasteiger partial charge in [0, 0.05) is 5.02 Å². The largest absolute Gasteiger partial charge is 0.463 e. The molecule has 0 saturated heterocycles. The van der Waals surface area contributed by atoms with Crippen molar-refractivity contribution in [1.29, 1.82) is 0 Å². The van der Waals surface area contributed by atoms with Crippen molar-refractivity contribution in [3.05, 3.63) is 44.8 Å². The zero-order valence-electron chi connectivity index (χ0n) is 9.36. The van der Waals surface area contributed by atoms with Gasteiger partial charge in [-0.25, -0.2) is 0 Å². The molecule has 0 spiro atoms. The highest BCUT2D eigenvalue weighted by Crippen LogP contribution is 2.21. The van der Waals surface area contributed by atoms with E-state index in [1.807, 2.05) is 6.92 Å². The van der Waals surface area contributed by atoms with Crippen LogP contribution in [0.2, 0.25) is 5.02 Å². The molecule has 2 rings (SSSR count). The maximum absolute atomic E-state index is 12.0. The van der Waals surface area contributed by atoms with Crippen LogP contribution in [0.1, 0.15) is 11.1 Å². The quantitative estimate of drug-likeness (QED) is 0.609. The van der Waals surface area contributed by atoms with Gasteiger partial charge in [-0.3, -0.25) is 4.79 Å². The van der Waals surface area contributed by atoms with Crippen LogP contribution in [0.25, 0.3) is 11.0 Å². The molecule has 0 N–H and O–H groups in total. The molecule has 0 atom stereocenters. The maximum Gasteiger partial charge on any atom is 0.201 e. The molecule has 0 aliphatic heterocycles. The molecule has 0 bridgehead atoms. The molecule has 0 aliphatic carbocycles. The second kappa shape index (κ2) is 4.59. The molecule has 1 aromatic heterocycles. The van der Waals surface area contributed by atoms with Crippen LogP contribution in [0.15, 0.2) is 32.8 Å². The summed E-state index contributed by atoms with van der Waals surface area (Å²) in [5.41, 5.74) is 1.50. The molecule has 0 saturated carbocycles. The van der Waals surface area contributed by atoms with Crippen LogP contribution in [0.3, 0.4) is 0 Å². The predicted molar refractivity (Wildman–Crippen MR) is 66.8 cm³/mol. The Balaban J connectivity index is 2.71. The SMILES string of the molecule is CO/N=C/c1coc2cc(C)c(Cl)cc2c1=O. The van der Waals surface area contributed by atoms with Crippen LogP contribution < -0.4 is 5.43 Å². The lowest BCUT2D eigenvalue weighted by Crippen LogP contribution is -2.08. The van der Waals surface area contributed by atoms with Gasteiger partial charge in [-0.1, -0.05) is 16.8 Å². The monoisotopic (exact) mass is 251 g/mol. The molecular weight excluding hydrogens is 242 g/mol. The van der Waals surface area contributed by atoms with Crippen LogP contribution in [0.4, 0.5) is 0 Å².